The van der Waals surface area contributed by atoms with Crippen molar-refractivity contribution >= 4 is 17.4 Å². The molecule has 0 bridgehead atoms. The largest absolute Gasteiger partial charge is 0.351 e. The molecule has 1 rings (SSSR count). The Morgan fingerprint density at radius 1 is 0.488 bits per heavy atom. The third-order valence-electron chi connectivity index (χ3n) is 9.44. The van der Waals surface area contributed by atoms with Crippen molar-refractivity contribution in [3.05, 3.63) is 0 Å². The Kier molecular flexibility index (Phi) is 28.6. The van der Waals surface area contributed by atoms with Crippen LogP contribution in [0.1, 0.15) is 213 Å². The highest BCUT2D eigenvalue weighted by molar-refractivity contribution is 6.38. The van der Waals surface area contributed by atoms with Crippen LogP contribution in [0, 0.1) is 0 Å². The van der Waals surface area contributed by atoms with Gasteiger partial charge in [-0.2, -0.15) is 0 Å². The zero-order chi connectivity index (χ0) is 31.1. The lowest BCUT2D eigenvalue weighted by Gasteiger charge is -2.19. The Morgan fingerprint density at radius 3 is 1.23 bits per heavy atom. The lowest BCUT2D eigenvalue weighted by Crippen LogP contribution is -2.36. The predicted octanol–water partition coefficient (Wildman–Crippen LogP) is 12.0. The normalized spacial score (nSPS) is 13.2. The number of carbonyl (C=O) groups excluding carboxylic acids is 2. The molecule has 0 unspecified atom stereocenters. The fourth-order valence-corrected chi connectivity index (χ4v) is 6.47. The summed E-state index contributed by atoms with van der Waals surface area (Å²) in [6, 6.07) is 0. The molecule has 0 N–H and O–H groups in total. The molecule has 0 fully saturated rings. The van der Waals surface area contributed by atoms with Crippen molar-refractivity contribution in [1.29, 1.82) is 0 Å². The second-order valence-corrected chi connectivity index (χ2v) is 13.6. The Hall–Kier alpha value is -1.19. The summed E-state index contributed by atoms with van der Waals surface area (Å²) < 4.78 is 0. The van der Waals surface area contributed by atoms with Gasteiger partial charge in [-0.3, -0.25) is 14.6 Å². The van der Waals surface area contributed by atoms with Gasteiger partial charge in [0.1, 0.15) is 0 Å². The van der Waals surface area contributed by atoms with E-state index in [2.05, 4.69) is 23.7 Å². The number of unbranched alkanes of at least 4 members (excludes halogenated alkanes) is 27. The molecule has 252 valence electrons. The molecule has 0 aliphatic carbocycles. The van der Waals surface area contributed by atoms with Crippen molar-refractivity contribution in [2.45, 2.75) is 213 Å². The summed E-state index contributed by atoms with van der Waals surface area (Å²) in [5, 5.41) is 0. The molecule has 0 aromatic carbocycles. The van der Waals surface area contributed by atoms with E-state index in [4.69, 9.17) is 0 Å². The van der Waals surface area contributed by atoms with E-state index >= 15 is 0 Å². The number of nitrogens with zero attached hydrogens (tertiary/aromatic N) is 2. The quantitative estimate of drug-likeness (QED) is 0.0543. The first-order valence-corrected chi connectivity index (χ1v) is 19.5. The van der Waals surface area contributed by atoms with Crippen molar-refractivity contribution < 1.29 is 9.59 Å². The second kappa shape index (κ2) is 30.8. The van der Waals surface area contributed by atoms with E-state index in [0.29, 0.717) is 6.42 Å². The van der Waals surface area contributed by atoms with E-state index in [1.54, 1.807) is 0 Å². The summed E-state index contributed by atoms with van der Waals surface area (Å²) >= 11 is 0. The van der Waals surface area contributed by atoms with E-state index < -0.39 is 0 Å². The van der Waals surface area contributed by atoms with Crippen LogP contribution in [0.3, 0.4) is 0 Å². The summed E-state index contributed by atoms with van der Waals surface area (Å²) in [6.07, 6.45) is 40.2. The molecule has 0 atom stereocenters. The molecule has 0 saturated heterocycles. The average Bonchev–Trinajstić information content (AvgIpc) is 3.45. The maximum Gasteiger partial charge on any atom is 0.217 e. The van der Waals surface area contributed by atoms with Gasteiger partial charge in [-0.05, 0) is 12.8 Å². The third-order valence-corrected chi connectivity index (χ3v) is 9.44. The minimum atomic E-state index is -0.207. The summed E-state index contributed by atoms with van der Waals surface area (Å²) in [7, 11) is 0. The summed E-state index contributed by atoms with van der Waals surface area (Å²) in [5.41, 5.74) is 0. The van der Waals surface area contributed by atoms with Crippen molar-refractivity contribution in [3.8, 4) is 0 Å². The molecule has 1 aliphatic heterocycles. The lowest BCUT2D eigenvalue weighted by atomic mass is 10.0. The highest BCUT2D eigenvalue weighted by Crippen LogP contribution is 2.16. The van der Waals surface area contributed by atoms with Crippen LogP contribution in [-0.4, -0.2) is 41.9 Å². The Bertz CT molecular complexity index is 674. The first-order valence-electron chi connectivity index (χ1n) is 19.5. The van der Waals surface area contributed by atoms with Gasteiger partial charge >= 0.3 is 0 Å². The maximum atomic E-state index is 12.6. The molecule has 4 heteroatoms. The fraction of sp³-hybridized carbons (Fsp3) is 0.923. The minimum Gasteiger partial charge on any atom is -0.351 e. The van der Waals surface area contributed by atoms with Crippen LogP contribution in [-0.2, 0) is 9.59 Å². The molecule has 43 heavy (non-hydrogen) atoms. The molecule has 0 aromatic rings. The molecular formula is C39H74N2O2. The Labute approximate surface area is 269 Å². The van der Waals surface area contributed by atoms with Gasteiger partial charge < -0.3 is 4.90 Å². The molecule has 0 aromatic heterocycles. The van der Waals surface area contributed by atoms with Gasteiger partial charge in [-0.1, -0.05) is 187 Å². The van der Waals surface area contributed by atoms with Crippen LogP contribution >= 0.6 is 0 Å². The number of hydrogen-bond acceptors (Lipinski definition) is 4. The molecule has 0 radical (unpaired) electrons. The van der Waals surface area contributed by atoms with Gasteiger partial charge in [0.2, 0.25) is 5.78 Å². The number of Topliss-reactive ketones (excluding diaryl/α,β-unsaturated/α-hetero) is 2. The SMILES string of the molecule is CCCCCCCCCCCCCCCCCC(=O)C(=O)CN1CCN=C1CCCCCCCCCCCCCCCC. The van der Waals surface area contributed by atoms with Crippen molar-refractivity contribution in [3.63, 3.8) is 0 Å². The highest BCUT2D eigenvalue weighted by atomic mass is 16.2. The van der Waals surface area contributed by atoms with Gasteiger partial charge in [0.25, 0.3) is 0 Å². The highest BCUT2D eigenvalue weighted by Gasteiger charge is 2.22. The number of amidine groups is 1. The number of aliphatic imine (C=N–C) groups is 1. The lowest BCUT2D eigenvalue weighted by molar-refractivity contribution is -0.136. The zero-order valence-corrected chi connectivity index (χ0v) is 29.3. The second-order valence-electron chi connectivity index (χ2n) is 13.6. The number of ketones is 2. The van der Waals surface area contributed by atoms with E-state index in [1.807, 2.05) is 0 Å². The fourth-order valence-electron chi connectivity index (χ4n) is 6.47. The van der Waals surface area contributed by atoms with Crippen molar-refractivity contribution in [2.75, 3.05) is 19.6 Å². The van der Waals surface area contributed by atoms with Crippen molar-refractivity contribution in [1.82, 2.24) is 4.90 Å². The molecule has 4 nitrogen and oxygen atoms in total. The molecule has 0 saturated carbocycles. The topological polar surface area (TPSA) is 49.7 Å². The van der Waals surface area contributed by atoms with Crippen molar-refractivity contribution in [2.24, 2.45) is 4.99 Å². The van der Waals surface area contributed by atoms with Crippen LogP contribution in [0.4, 0.5) is 0 Å². The van der Waals surface area contributed by atoms with Crippen LogP contribution in [0.25, 0.3) is 0 Å². The van der Waals surface area contributed by atoms with Gasteiger partial charge in [-0.25, -0.2) is 0 Å². The van der Waals surface area contributed by atoms with Crippen LogP contribution in [0.2, 0.25) is 0 Å². The third kappa shape index (κ3) is 24.8. The Balaban J connectivity index is 1.93. The number of carbonyl (C=O) groups is 2. The summed E-state index contributed by atoms with van der Waals surface area (Å²) in [6.45, 7) is 6.38. The summed E-state index contributed by atoms with van der Waals surface area (Å²) in [5.74, 6) is 0.686. The minimum absolute atomic E-state index is 0.169. The monoisotopic (exact) mass is 603 g/mol. The predicted molar refractivity (Wildman–Crippen MR) is 188 cm³/mol. The van der Waals surface area contributed by atoms with Gasteiger partial charge in [0, 0.05) is 19.4 Å². The van der Waals surface area contributed by atoms with Gasteiger partial charge in [-0.15, -0.1) is 0 Å². The van der Waals surface area contributed by atoms with Crippen LogP contribution < -0.4 is 0 Å². The standard InChI is InChI=1S/C39H74N2O2/c1-3-5-7-9-11-13-15-17-19-20-22-24-26-28-30-32-37(42)38(43)36-41-35-34-40-39(41)33-31-29-27-25-23-21-18-16-14-12-10-8-6-4-2/h3-36H2,1-2H3. The van der Waals surface area contributed by atoms with Gasteiger partial charge in [0.15, 0.2) is 5.78 Å². The maximum absolute atomic E-state index is 12.6. The molecule has 0 spiro atoms. The number of rotatable bonds is 34. The molecular weight excluding hydrogens is 528 g/mol. The summed E-state index contributed by atoms with van der Waals surface area (Å²) in [4.78, 5) is 31.8. The zero-order valence-electron chi connectivity index (χ0n) is 29.3. The number of hydrogen-bond donors (Lipinski definition) is 0. The van der Waals surface area contributed by atoms with E-state index in [9.17, 15) is 9.59 Å². The Morgan fingerprint density at radius 2 is 0.837 bits per heavy atom. The molecule has 0 amide bonds. The molecule has 1 heterocycles. The van der Waals surface area contributed by atoms with Crippen LogP contribution in [0.15, 0.2) is 4.99 Å². The molecule has 1 aliphatic rings. The van der Waals surface area contributed by atoms with E-state index in [0.717, 1.165) is 44.6 Å². The smallest absolute Gasteiger partial charge is 0.217 e. The first kappa shape index (κ1) is 39.8. The average molecular weight is 603 g/mol. The van der Waals surface area contributed by atoms with E-state index in [1.165, 1.54) is 167 Å². The van der Waals surface area contributed by atoms with E-state index in [-0.39, 0.29) is 18.1 Å². The van der Waals surface area contributed by atoms with Gasteiger partial charge in [0.05, 0.1) is 18.9 Å². The first-order chi connectivity index (χ1) is 21.2. The van der Waals surface area contributed by atoms with Crippen LogP contribution in [0.5, 0.6) is 0 Å².